The first-order valence-electron chi connectivity index (χ1n) is 12.4. The van der Waals surface area contributed by atoms with Gasteiger partial charge >= 0.3 is 0 Å². The molecule has 3 aliphatic heterocycles. The molecule has 2 fully saturated rings. The van der Waals surface area contributed by atoms with Crippen molar-refractivity contribution < 1.29 is 22.7 Å². The quantitative estimate of drug-likeness (QED) is 0.551. The van der Waals surface area contributed by atoms with Gasteiger partial charge in [0.25, 0.3) is 0 Å². The molecule has 2 saturated heterocycles. The first-order chi connectivity index (χ1) is 16.4. The minimum absolute atomic E-state index is 0.140. The Hall–Kier alpha value is -2.01. The zero-order chi connectivity index (χ0) is 24.1. The third-order valence-electron chi connectivity index (χ3n) is 6.92. The van der Waals surface area contributed by atoms with Crippen molar-refractivity contribution in [1.29, 1.82) is 0 Å². The predicted molar refractivity (Wildman–Crippen MR) is 129 cm³/mol. The van der Waals surface area contributed by atoms with E-state index in [1.54, 1.807) is 34.3 Å². The van der Waals surface area contributed by atoms with Crippen molar-refractivity contribution in [3.63, 3.8) is 0 Å². The van der Waals surface area contributed by atoms with E-state index in [-0.39, 0.29) is 23.1 Å². The topological polar surface area (TPSA) is 99.3 Å². The number of rotatable bonds is 8. The summed E-state index contributed by atoms with van der Waals surface area (Å²) in [7, 11) is -3.58. The number of nitrogens with one attached hydrogen (secondary N) is 1. The molecule has 0 aliphatic carbocycles. The second-order valence-corrected chi connectivity index (χ2v) is 11.1. The second kappa shape index (κ2) is 11.2. The molecule has 2 amide bonds. The third-order valence-corrected chi connectivity index (χ3v) is 8.81. The molecule has 1 atom stereocenters. The van der Waals surface area contributed by atoms with Gasteiger partial charge in [-0.25, -0.2) is 8.42 Å². The molecular weight excluding hydrogens is 456 g/mol. The van der Waals surface area contributed by atoms with Crippen LogP contribution >= 0.6 is 0 Å². The fourth-order valence-corrected chi connectivity index (χ4v) is 6.56. The van der Waals surface area contributed by atoms with Gasteiger partial charge in [0.2, 0.25) is 21.8 Å². The highest BCUT2D eigenvalue weighted by Crippen LogP contribution is 2.35. The van der Waals surface area contributed by atoms with Gasteiger partial charge < -0.3 is 10.1 Å². The van der Waals surface area contributed by atoms with E-state index < -0.39 is 16.1 Å². The van der Waals surface area contributed by atoms with Gasteiger partial charge in [0, 0.05) is 51.3 Å². The molecule has 3 aliphatic rings. The second-order valence-electron chi connectivity index (χ2n) is 9.19. The molecule has 1 unspecified atom stereocenters. The van der Waals surface area contributed by atoms with Crippen molar-refractivity contribution in [3.05, 3.63) is 23.8 Å². The Morgan fingerprint density at radius 3 is 2.53 bits per heavy atom. The fraction of sp³-hybridized carbons (Fsp3) is 0.667. The van der Waals surface area contributed by atoms with E-state index in [1.807, 2.05) is 0 Å². The number of piperidine rings is 1. The Morgan fingerprint density at radius 2 is 1.82 bits per heavy atom. The normalized spacial score (nSPS) is 21.9. The lowest BCUT2D eigenvalue weighted by molar-refractivity contribution is -0.126. The molecule has 9 nitrogen and oxygen atoms in total. The smallest absolute Gasteiger partial charge is 0.243 e. The van der Waals surface area contributed by atoms with Crippen molar-refractivity contribution in [1.82, 2.24) is 14.5 Å². The number of carbonyl (C=O) groups excluding carboxylic acids is 2. The minimum Gasteiger partial charge on any atom is -0.379 e. The molecule has 0 saturated carbocycles. The molecule has 1 aromatic rings. The third kappa shape index (κ3) is 5.45. The van der Waals surface area contributed by atoms with E-state index in [2.05, 4.69) is 10.2 Å². The lowest BCUT2D eigenvalue weighted by Gasteiger charge is -2.27. The average molecular weight is 493 g/mol. The summed E-state index contributed by atoms with van der Waals surface area (Å²) in [6.07, 6.45) is 4.21. The van der Waals surface area contributed by atoms with Gasteiger partial charge in [0.15, 0.2) is 0 Å². The van der Waals surface area contributed by atoms with E-state index in [9.17, 15) is 18.0 Å². The molecule has 0 spiro atoms. The summed E-state index contributed by atoms with van der Waals surface area (Å²) in [4.78, 5) is 29.9. The van der Waals surface area contributed by atoms with Gasteiger partial charge in [0.05, 0.1) is 18.1 Å². The standard InChI is InChI=1S/C24H36N4O5S/c1-2-23(29)28-21-8-7-20(34(31,32)27-11-4-3-5-12-27)17-19(21)18-22(28)24(30)25-9-6-10-26-13-15-33-16-14-26/h7-8,17,22H,2-6,9-16,18H2,1H3,(H,25,30). The average Bonchev–Trinajstić information content (AvgIpc) is 3.26. The minimum atomic E-state index is -3.58. The number of sulfonamides is 1. The number of amides is 2. The molecule has 188 valence electrons. The molecular formula is C24H36N4O5S. The Morgan fingerprint density at radius 1 is 1.09 bits per heavy atom. The first-order valence-corrected chi connectivity index (χ1v) is 13.9. The van der Waals surface area contributed by atoms with Crippen LogP contribution in [0.5, 0.6) is 0 Å². The summed E-state index contributed by atoms with van der Waals surface area (Å²) in [6.45, 7) is 7.58. The molecule has 1 aromatic carbocycles. The Bertz CT molecular complexity index is 987. The molecule has 0 radical (unpaired) electrons. The fourth-order valence-electron chi connectivity index (χ4n) is 4.99. The molecule has 10 heteroatoms. The van der Waals surface area contributed by atoms with E-state index >= 15 is 0 Å². The van der Waals surface area contributed by atoms with Crippen LogP contribution in [0, 0.1) is 0 Å². The summed E-state index contributed by atoms with van der Waals surface area (Å²) in [6, 6.07) is 4.26. The van der Waals surface area contributed by atoms with Gasteiger partial charge in [-0.15, -0.1) is 0 Å². The van der Waals surface area contributed by atoms with E-state index in [0.29, 0.717) is 31.7 Å². The summed E-state index contributed by atoms with van der Waals surface area (Å²) in [5.41, 5.74) is 1.37. The highest BCUT2D eigenvalue weighted by atomic mass is 32.2. The van der Waals surface area contributed by atoms with Crippen molar-refractivity contribution in [3.8, 4) is 0 Å². The highest BCUT2D eigenvalue weighted by molar-refractivity contribution is 7.89. The Kier molecular flexibility index (Phi) is 8.23. The van der Waals surface area contributed by atoms with Gasteiger partial charge in [-0.1, -0.05) is 13.3 Å². The van der Waals surface area contributed by atoms with E-state index in [0.717, 1.165) is 64.1 Å². The van der Waals surface area contributed by atoms with Crippen LogP contribution in [0.4, 0.5) is 5.69 Å². The first kappa shape index (κ1) is 25.1. The van der Waals surface area contributed by atoms with Crippen LogP contribution in [0.3, 0.4) is 0 Å². The predicted octanol–water partition coefficient (Wildman–Crippen LogP) is 1.37. The van der Waals surface area contributed by atoms with Gasteiger partial charge in [-0.2, -0.15) is 4.31 Å². The maximum absolute atomic E-state index is 13.1. The van der Waals surface area contributed by atoms with E-state index in [1.165, 1.54) is 0 Å². The highest BCUT2D eigenvalue weighted by Gasteiger charge is 2.38. The summed E-state index contributed by atoms with van der Waals surface area (Å²) < 4.78 is 33.2. The molecule has 0 aromatic heterocycles. The van der Waals surface area contributed by atoms with Crippen LogP contribution in [-0.4, -0.2) is 88.0 Å². The van der Waals surface area contributed by atoms with Crippen LogP contribution in [-0.2, 0) is 30.8 Å². The number of morpholine rings is 1. The van der Waals surface area contributed by atoms with Crippen LogP contribution in [0.25, 0.3) is 0 Å². The lowest BCUT2D eigenvalue weighted by atomic mass is 10.1. The zero-order valence-electron chi connectivity index (χ0n) is 20.0. The molecule has 0 bridgehead atoms. The summed E-state index contributed by atoms with van der Waals surface area (Å²) in [5.74, 6) is -0.334. The number of carbonyl (C=O) groups is 2. The summed E-state index contributed by atoms with van der Waals surface area (Å²) >= 11 is 0. The van der Waals surface area contributed by atoms with Crippen LogP contribution in [0.2, 0.25) is 0 Å². The van der Waals surface area contributed by atoms with Gasteiger partial charge in [0.1, 0.15) is 6.04 Å². The number of fused-ring (bicyclic) bond motifs is 1. The lowest BCUT2D eigenvalue weighted by Crippen LogP contribution is -2.48. The largest absolute Gasteiger partial charge is 0.379 e. The summed E-state index contributed by atoms with van der Waals surface area (Å²) in [5, 5.41) is 2.99. The van der Waals surface area contributed by atoms with Crippen molar-refractivity contribution >= 4 is 27.5 Å². The number of hydrogen-bond donors (Lipinski definition) is 1. The zero-order valence-corrected chi connectivity index (χ0v) is 20.8. The SMILES string of the molecule is CCC(=O)N1c2ccc(S(=O)(=O)N3CCCCC3)cc2CC1C(=O)NCCCN1CCOCC1. The number of anilines is 1. The van der Waals surface area contributed by atoms with Crippen molar-refractivity contribution in [2.45, 2.75) is 56.4 Å². The van der Waals surface area contributed by atoms with Gasteiger partial charge in [-0.3, -0.25) is 19.4 Å². The number of hydrogen-bond acceptors (Lipinski definition) is 6. The molecule has 34 heavy (non-hydrogen) atoms. The van der Waals surface area contributed by atoms with Crippen LogP contribution < -0.4 is 10.2 Å². The maximum atomic E-state index is 13.1. The van der Waals surface area contributed by atoms with Crippen molar-refractivity contribution in [2.75, 3.05) is 57.4 Å². The maximum Gasteiger partial charge on any atom is 0.243 e. The molecule has 1 N–H and O–H groups in total. The van der Waals surface area contributed by atoms with Gasteiger partial charge in [-0.05, 0) is 49.6 Å². The Balaban J connectivity index is 1.44. The number of ether oxygens (including phenoxy) is 1. The Labute approximate surface area is 202 Å². The number of benzene rings is 1. The van der Waals surface area contributed by atoms with Crippen LogP contribution in [0.1, 0.15) is 44.6 Å². The van der Waals surface area contributed by atoms with E-state index in [4.69, 9.17) is 4.74 Å². The number of nitrogens with zero attached hydrogens (tertiary/aromatic N) is 3. The molecule has 4 rings (SSSR count). The monoisotopic (exact) mass is 492 g/mol. The van der Waals surface area contributed by atoms with Crippen LogP contribution in [0.15, 0.2) is 23.1 Å². The van der Waals surface area contributed by atoms with Crippen molar-refractivity contribution in [2.24, 2.45) is 0 Å². The molecule has 3 heterocycles.